The molecule has 0 radical (unpaired) electrons. The van der Waals surface area contributed by atoms with E-state index in [-0.39, 0.29) is 36.4 Å². The Hall–Kier alpha value is -4.26. The SMILES string of the molecule is COCCOc1cc2ncc(-c3ccc(CC(=O)Nc4cc(C5(C(F)(F)F)CC5)on4)c(F)c3)nc2cc1OC. The van der Waals surface area contributed by atoms with Crippen molar-refractivity contribution < 1.29 is 41.1 Å². The molecule has 1 fully saturated rings. The summed E-state index contributed by atoms with van der Waals surface area (Å²) in [7, 11) is 3.07. The number of fused-ring (bicyclic) bond motifs is 1. The molecule has 0 unspecified atom stereocenters. The Morgan fingerprint density at radius 3 is 2.52 bits per heavy atom. The summed E-state index contributed by atoms with van der Waals surface area (Å²) in [6.45, 7) is 0.727. The molecule has 4 aromatic rings. The molecule has 0 spiro atoms. The van der Waals surface area contributed by atoms with E-state index in [1.807, 2.05) is 0 Å². The van der Waals surface area contributed by atoms with Crippen LogP contribution >= 0.6 is 0 Å². The summed E-state index contributed by atoms with van der Waals surface area (Å²) in [6.07, 6.45) is -3.55. The number of halogens is 4. The van der Waals surface area contributed by atoms with E-state index in [2.05, 4.69) is 20.4 Å². The van der Waals surface area contributed by atoms with Gasteiger partial charge in [0.05, 0.1) is 43.1 Å². The summed E-state index contributed by atoms with van der Waals surface area (Å²) in [5, 5.41) is 5.87. The second-order valence-corrected chi connectivity index (χ2v) is 9.28. The predicted molar refractivity (Wildman–Crippen MR) is 135 cm³/mol. The first-order valence-corrected chi connectivity index (χ1v) is 12.2. The Kier molecular flexibility index (Phi) is 7.32. The summed E-state index contributed by atoms with van der Waals surface area (Å²) in [4.78, 5) is 21.4. The lowest BCUT2D eigenvalue weighted by molar-refractivity contribution is -0.165. The van der Waals surface area contributed by atoms with Gasteiger partial charge in [-0.3, -0.25) is 9.78 Å². The van der Waals surface area contributed by atoms with Gasteiger partial charge in [-0.25, -0.2) is 9.37 Å². The first-order chi connectivity index (χ1) is 19.1. The van der Waals surface area contributed by atoms with E-state index < -0.39 is 23.3 Å². The van der Waals surface area contributed by atoms with Crippen molar-refractivity contribution in [1.82, 2.24) is 15.1 Å². The topological polar surface area (TPSA) is 109 Å². The van der Waals surface area contributed by atoms with Gasteiger partial charge in [0.2, 0.25) is 5.91 Å². The Morgan fingerprint density at radius 1 is 1.07 bits per heavy atom. The third-order valence-corrected chi connectivity index (χ3v) is 6.61. The van der Waals surface area contributed by atoms with E-state index >= 15 is 0 Å². The lowest BCUT2D eigenvalue weighted by Gasteiger charge is -2.14. The highest BCUT2D eigenvalue weighted by Gasteiger charge is 2.66. The molecular weight excluding hydrogens is 536 g/mol. The third-order valence-electron chi connectivity index (χ3n) is 6.61. The second kappa shape index (κ2) is 10.7. The van der Waals surface area contributed by atoms with Gasteiger partial charge in [0.15, 0.2) is 23.1 Å². The zero-order valence-electron chi connectivity index (χ0n) is 21.5. The third kappa shape index (κ3) is 5.41. The zero-order chi connectivity index (χ0) is 28.5. The minimum absolute atomic E-state index is 0.0761. The van der Waals surface area contributed by atoms with Gasteiger partial charge in [-0.1, -0.05) is 17.3 Å². The molecule has 13 heteroatoms. The normalized spacial score (nSPS) is 14.2. The Morgan fingerprint density at radius 2 is 1.85 bits per heavy atom. The van der Waals surface area contributed by atoms with Gasteiger partial charge in [0.25, 0.3) is 0 Å². The summed E-state index contributed by atoms with van der Waals surface area (Å²) >= 11 is 0. The molecule has 1 saturated carbocycles. The van der Waals surface area contributed by atoms with Gasteiger partial charge in [-0.15, -0.1) is 0 Å². The van der Waals surface area contributed by atoms with Crippen LogP contribution in [0.2, 0.25) is 0 Å². The molecule has 2 aromatic carbocycles. The Balaban J connectivity index is 1.28. The number of benzene rings is 2. The molecule has 0 bridgehead atoms. The van der Waals surface area contributed by atoms with Crippen LogP contribution in [0.3, 0.4) is 0 Å². The van der Waals surface area contributed by atoms with Gasteiger partial charge >= 0.3 is 6.18 Å². The average Bonchev–Trinajstić information content (AvgIpc) is 3.63. The number of hydrogen-bond donors (Lipinski definition) is 1. The maximum absolute atomic E-state index is 14.9. The molecule has 210 valence electrons. The average molecular weight is 561 g/mol. The fourth-order valence-electron chi connectivity index (χ4n) is 4.23. The Bertz CT molecular complexity index is 1550. The summed E-state index contributed by atoms with van der Waals surface area (Å²) in [6, 6.07) is 8.66. The van der Waals surface area contributed by atoms with E-state index in [1.165, 1.54) is 25.4 Å². The van der Waals surface area contributed by atoms with E-state index in [4.69, 9.17) is 18.7 Å². The molecular formula is C27H24F4N4O5. The van der Waals surface area contributed by atoms with E-state index in [0.29, 0.717) is 47.0 Å². The number of hydrogen-bond acceptors (Lipinski definition) is 8. The van der Waals surface area contributed by atoms with Crippen LogP contribution < -0.4 is 14.8 Å². The van der Waals surface area contributed by atoms with E-state index in [1.54, 1.807) is 25.3 Å². The number of aromatic nitrogens is 3. The van der Waals surface area contributed by atoms with E-state index in [0.717, 1.165) is 6.07 Å². The predicted octanol–water partition coefficient (Wildman–Crippen LogP) is 5.23. The smallest absolute Gasteiger partial charge is 0.401 e. The zero-order valence-corrected chi connectivity index (χ0v) is 21.5. The van der Waals surface area contributed by atoms with Crippen LogP contribution in [0, 0.1) is 5.82 Å². The molecule has 0 aliphatic heterocycles. The summed E-state index contributed by atoms with van der Waals surface area (Å²) in [5.41, 5.74) is -0.105. The monoisotopic (exact) mass is 560 g/mol. The van der Waals surface area contributed by atoms with Gasteiger partial charge in [-0.05, 0) is 24.5 Å². The van der Waals surface area contributed by atoms with Crippen molar-refractivity contribution >= 4 is 22.8 Å². The number of methoxy groups -OCH3 is 2. The highest BCUT2D eigenvalue weighted by atomic mass is 19.4. The van der Waals surface area contributed by atoms with Gasteiger partial charge in [0.1, 0.15) is 17.8 Å². The van der Waals surface area contributed by atoms with Crippen molar-refractivity contribution in [3.63, 3.8) is 0 Å². The maximum atomic E-state index is 14.9. The minimum Gasteiger partial charge on any atom is -0.493 e. The van der Waals surface area contributed by atoms with Crippen molar-refractivity contribution in [2.75, 3.05) is 32.8 Å². The molecule has 0 atom stereocenters. The van der Waals surface area contributed by atoms with Gasteiger partial charge in [0, 0.05) is 30.9 Å². The fourth-order valence-corrected chi connectivity index (χ4v) is 4.23. The number of amides is 1. The van der Waals surface area contributed by atoms with Crippen LogP contribution in [-0.4, -0.2) is 54.6 Å². The number of carbonyl (C=O) groups excluding carboxylic acids is 1. The van der Waals surface area contributed by atoms with Crippen LogP contribution in [0.5, 0.6) is 11.5 Å². The molecule has 40 heavy (non-hydrogen) atoms. The lowest BCUT2D eigenvalue weighted by atomic mass is 10.0. The van der Waals surface area contributed by atoms with Crippen LogP contribution in [0.25, 0.3) is 22.3 Å². The molecule has 2 aromatic heterocycles. The number of nitrogens with zero attached hydrogens (tertiary/aromatic N) is 3. The molecule has 1 N–H and O–H groups in total. The fraction of sp³-hybridized carbons (Fsp3) is 0.333. The molecule has 1 amide bonds. The highest BCUT2D eigenvalue weighted by Crippen LogP contribution is 2.59. The van der Waals surface area contributed by atoms with Gasteiger partial charge < -0.3 is 24.1 Å². The van der Waals surface area contributed by atoms with Crippen LogP contribution in [-0.2, 0) is 21.4 Å². The number of rotatable bonds is 10. The highest BCUT2D eigenvalue weighted by molar-refractivity contribution is 5.91. The van der Waals surface area contributed by atoms with Crippen molar-refractivity contribution in [2.24, 2.45) is 0 Å². The molecule has 1 aliphatic rings. The number of anilines is 1. The van der Waals surface area contributed by atoms with E-state index in [9.17, 15) is 22.4 Å². The van der Waals surface area contributed by atoms with Gasteiger partial charge in [-0.2, -0.15) is 13.2 Å². The van der Waals surface area contributed by atoms with Crippen molar-refractivity contribution in [3.05, 3.63) is 59.7 Å². The van der Waals surface area contributed by atoms with Crippen LogP contribution in [0.1, 0.15) is 24.2 Å². The molecule has 1 aliphatic carbocycles. The lowest BCUT2D eigenvalue weighted by Crippen LogP contribution is -2.28. The molecule has 2 heterocycles. The van der Waals surface area contributed by atoms with Crippen molar-refractivity contribution in [2.45, 2.75) is 30.9 Å². The van der Waals surface area contributed by atoms with Crippen molar-refractivity contribution in [1.29, 1.82) is 0 Å². The first-order valence-electron chi connectivity index (χ1n) is 12.2. The number of ether oxygens (including phenoxy) is 3. The maximum Gasteiger partial charge on any atom is 0.401 e. The van der Waals surface area contributed by atoms with Crippen molar-refractivity contribution in [3.8, 4) is 22.8 Å². The largest absolute Gasteiger partial charge is 0.493 e. The number of carbonyl (C=O) groups is 1. The molecule has 0 saturated heterocycles. The molecule has 5 rings (SSSR count). The Labute approximate surface area is 225 Å². The summed E-state index contributed by atoms with van der Waals surface area (Å²) in [5.74, 6) is -0.908. The quantitative estimate of drug-likeness (QED) is 0.208. The van der Waals surface area contributed by atoms with Crippen LogP contribution in [0.15, 0.2) is 47.1 Å². The number of nitrogens with one attached hydrogen (secondary N) is 1. The second-order valence-electron chi connectivity index (χ2n) is 9.28. The standard InChI is InChI=1S/C27H24F4N4O5/c1-37-7-8-39-22-11-18-19(12-21(22)38-2)33-20(14-32-18)16-4-3-15(17(28)9-16)10-25(36)34-24-13-23(40-35-24)26(5-6-26)27(29,30)31/h3-4,9,11-14H,5-8,10H2,1-2H3,(H,34,35,36). The summed E-state index contributed by atoms with van der Waals surface area (Å²) < 4.78 is 75.7. The first kappa shape index (κ1) is 27.3. The molecule has 9 nitrogen and oxygen atoms in total. The van der Waals surface area contributed by atoms with Crippen LogP contribution in [0.4, 0.5) is 23.4 Å². The minimum atomic E-state index is -4.47. The number of alkyl halides is 3.